The fourth-order valence-electron chi connectivity index (χ4n) is 2.76. The predicted molar refractivity (Wildman–Crippen MR) is 99.0 cm³/mol. The topological polar surface area (TPSA) is 22.0 Å². The molecule has 0 atom stereocenters. The van der Waals surface area contributed by atoms with E-state index < -0.39 is 0 Å². The number of rotatable bonds is 3. The summed E-state index contributed by atoms with van der Waals surface area (Å²) in [5, 5.41) is 2.85. The molecular weight excluding hydrogens is 358 g/mol. The highest BCUT2D eigenvalue weighted by Crippen LogP contribution is 2.34. The van der Waals surface area contributed by atoms with E-state index >= 15 is 0 Å². The molecule has 0 amide bonds. The van der Waals surface area contributed by atoms with Crippen molar-refractivity contribution in [1.82, 2.24) is 4.57 Å². The van der Waals surface area contributed by atoms with E-state index in [-0.39, 0.29) is 5.43 Å². The Hall–Kier alpha value is -1.39. The Labute approximate surface area is 142 Å². The van der Waals surface area contributed by atoms with Gasteiger partial charge in [0.1, 0.15) is 0 Å². The Kier molecular flexibility index (Phi) is 4.24. The van der Waals surface area contributed by atoms with Crippen LogP contribution in [0, 0.1) is 0 Å². The summed E-state index contributed by atoms with van der Waals surface area (Å²) in [6.45, 7) is 7.25. The van der Waals surface area contributed by atoms with Gasteiger partial charge < -0.3 is 4.57 Å². The third-order valence-electron chi connectivity index (χ3n) is 3.97. The number of aryl methyl sites for hydroxylation is 1. The van der Waals surface area contributed by atoms with Gasteiger partial charge in [-0.25, -0.2) is 0 Å². The number of benzene rings is 1. The average molecular weight is 376 g/mol. The molecule has 0 N–H and O–H groups in total. The van der Waals surface area contributed by atoms with Gasteiger partial charge in [0.15, 0.2) is 5.43 Å². The van der Waals surface area contributed by atoms with Crippen molar-refractivity contribution in [3.05, 3.63) is 56.0 Å². The molecule has 0 radical (unpaired) electrons. The van der Waals surface area contributed by atoms with Crippen LogP contribution >= 0.6 is 27.3 Å². The van der Waals surface area contributed by atoms with Gasteiger partial charge in [-0.05, 0) is 57.9 Å². The van der Waals surface area contributed by atoms with Crippen molar-refractivity contribution in [2.24, 2.45) is 0 Å². The first-order valence-electron chi connectivity index (χ1n) is 7.43. The molecule has 0 saturated heterocycles. The predicted octanol–water partition coefficient (Wildman–Crippen LogP) is 5.64. The van der Waals surface area contributed by atoms with E-state index in [1.807, 2.05) is 17.5 Å². The molecule has 0 spiro atoms. The minimum Gasteiger partial charge on any atom is -0.340 e. The molecule has 3 rings (SSSR count). The molecule has 114 valence electrons. The SMILES string of the molecule is CCn1c(-c2sccc2Br)cc(=O)c2cc(C(C)C)ccc21. The second-order valence-electron chi connectivity index (χ2n) is 5.67. The third-order valence-corrected chi connectivity index (χ3v) is 5.83. The summed E-state index contributed by atoms with van der Waals surface area (Å²) < 4.78 is 3.26. The number of fused-ring (bicyclic) bond motifs is 1. The molecule has 0 fully saturated rings. The zero-order chi connectivity index (χ0) is 15.9. The molecule has 0 aliphatic rings. The van der Waals surface area contributed by atoms with E-state index in [0.29, 0.717) is 5.92 Å². The minimum absolute atomic E-state index is 0.0949. The number of aromatic nitrogens is 1. The molecule has 2 aromatic heterocycles. The standard InChI is InChI=1S/C18H18BrNOS/c1-4-20-15-6-5-12(11(2)3)9-13(15)17(21)10-16(20)18-14(19)7-8-22-18/h5-11H,4H2,1-3H3. The van der Waals surface area contributed by atoms with Crippen LogP contribution in [0.1, 0.15) is 32.3 Å². The monoisotopic (exact) mass is 375 g/mol. The molecule has 3 aromatic rings. The first-order chi connectivity index (χ1) is 10.5. The van der Waals surface area contributed by atoms with Crippen molar-refractivity contribution in [1.29, 1.82) is 0 Å². The van der Waals surface area contributed by atoms with Crippen LogP contribution in [0.15, 0.2) is 45.0 Å². The van der Waals surface area contributed by atoms with Gasteiger partial charge in [-0.2, -0.15) is 0 Å². The van der Waals surface area contributed by atoms with Crippen LogP contribution in [0.4, 0.5) is 0 Å². The molecule has 0 aliphatic carbocycles. The highest BCUT2D eigenvalue weighted by Gasteiger charge is 2.14. The van der Waals surface area contributed by atoms with Gasteiger partial charge in [0, 0.05) is 22.5 Å². The Bertz CT molecular complexity index is 892. The smallest absolute Gasteiger partial charge is 0.190 e. The van der Waals surface area contributed by atoms with Crippen molar-refractivity contribution in [2.75, 3.05) is 0 Å². The van der Waals surface area contributed by atoms with E-state index in [9.17, 15) is 4.79 Å². The summed E-state index contributed by atoms with van der Waals surface area (Å²) in [5.74, 6) is 0.421. The quantitative estimate of drug-likeness (QED) is 0.580. The van der Waals surface area contributed by atoms with Crippen LogP contribution in [-0.4, -0.2) is 4.57 Å². The molecule has 22 heavy (non-hydrogen) atoms. The Balaban J connectivity index is 2.36. The van der Waals surface area contributed by atoms with Crippen molar-refractivity contribution >= 4 is 38.2 Å². The number of hydrogen-bond acceptors (Lipinski definition) is 2. The molecule has 0 bridgehead atoms. The fraction of sp³-hybridized carbons (Fsp3) is 0.278. The van der Waals surface area contributed by atoms with Gasteiger partial charge in [-0.1, -0.05) is 19.9 Å². The molecule has 0 aliphatic heterocycles. The van der Waals surface area contributed by atoms with E-state index in [2.05, 4.69) is 53.4 Å². The lowest BCUT2D eigenvalue weighted by Crippen LogP contribution is -2.11. The summed E-state index contributed by atoms with van der Waals surface area (Å²) in [6.07, 6.45) is 0. The van der Waals surface area contributed by atoms with Crippen LogP contribution in [0.2, 0.25) is 0 Å². The second-order valence-corrected chi connectivity index (χ2v) is 7.44. The van der Waals surface area contributed by atoms with Crippen LogP contribution in [0.3, 0.4) is 0 Å². The summed E-state index contributed by atoms with van der Waals surface area (Å²) >= 11 is 5.23. The lowest BCUT2D eigenvalue weighted by Gasteiger charge is -2.16. The zero-order valence-electron chi connectivity index (χ0n) is 12.9. The van der Waals surface area contributed by atoms with Gasteiger partial charge in [0.2, 0.25) is 0 Å². The lowest BCUT2D eigenvalue weighted by molar-refractivity contribution is 0.796. The van der Waals surface area contributed by atoms with E-state index in [1.54, 1.807) is 17.4 Å². The van der Waals surface area contributed by atoms with Crippen LogP contribution in [0.5, 0.6) is 0 Å². The normalized spacial score (nSPS) is 11.5. The maximum Gasteiger partial charge on any atom is 0.190 e. The van der Waals surface area contributed by atoms with Crippen molar-refractivity contribution in [2.45, 2.75) is 33.2 Å². The van der Waals surface area contributed by atoms with Gasteiger partial charge in [-0.3, -0.25) is 4.79 Å². The van der Waals surface area contributed by atoms with E-state index in [0.717, 1.165) is 32.5 Å². The number of nitrogens with zero attached hydrogens (tertiary/aromatic N) is 1. The highest BCUT2D eigenvalue weighted by atomic mass is 79.9. The third kappa shape index (κ3) is 2.55. The highest BCUT2D eigenvalue weighted by molar-refractivity contribution is 9.10. The van der Waals surface area contributed by atoms with Gasteiger partial charge in [0.05, 0.1) is 16.1 Å². The fourth-order valence-corrected chi connectivity index (χ4v) is 4.36. The van der Waals surface area contributed by atoms with Crippen LogP contribution in [-0.2, 0) is 6.54 Å². The Morgan fingerprint density at radius 1 is 1.23 bits per heavy atom. The Morgan fingerprint density at radius 2 is 2.00 bits per heavy atom. The zero-order valence-corrected chi connectivity index (χ0v) is 15.3. The van der Waals surface area contributed by atoms with Crippen molar-refractivity contribution in [3.8, 4) is 10.6 Å². The van der Waals surface area contributed by atoms with Gasteiger partial charge in [0.25, 0.3) is 0 Å². The lowest BCUT2D eigenvalue weighted by atomic mass is 10.0. The molecule has 2 nitrogen and oxygen atoms in total. The molecular formula is C18H18BrNOS. The first-order valence-corrected chi connectivity index (χ1v) is 9.11. The summed E-state index contributed by atoms with van der Waals surface area (Å²) in [5.41, 5.74) is 3.30. The second kappa shape index (κ2) is 6.01. The number of hydrogen-bond donors (Lipinski definition) is 0. The van der Waals surface area contributed by atoms with Crippen LogP contribution in [0.25, 0.3) is 21.5 Å². The number of pyridine rings is 1. The number of thiophene rings is 1. The molecule has 0 unspecified atom stereocenters. The molecule has 1 aromatic carbocycles. The van der Waals surface area contributed by atoms with Crippen molar-refractivity contribution < 1.29 is 0 Å². The van der Waals surface area contributed by atoms with E-state index in [1.165, 1.54) is 5.56 Å². The maximum absolute atomic E-state index is 12.6. The average Bonchev–Trinajstić information content (AvgIpc) is 2.92. The molecule has 4 heteroatoms. The van der Waals surface area contributed by atoms with Crippen LogP contribution < -0.4 is 5.43 Å². The van der Waals surface area contributed by atoms with Gasteiger partial charge in [-0.15, -0.1) is 11.3 Å². The van der Waals surface area contributed by atoms with Gasteiger partial charge >= 0.3 is 0 Å². The van der Waals surface area contributed by atoms with E-state index in [4.69, 9.17) is 0 Å². The largest absolute Gasteiger partial charge is 0.340 e. The summed E-state index contributed by atoms with van der Waals surface area (Å²) in [4.78, 5) is 13.7. The van der Waals surface area contributed by atoms with Crippen molar-refractivity contribution in [3.63, 3.8) is 0 Å². The molecule has 2 heterocycles. The first kappa shape index (κ1) is 15.5. The Morgan fingerprint density at radius 3 is 2.59 bits per heavy atom. The summed E-state index contributed by atoms with van der Waals surface area (Å²) in [6, 6.07) is 10.1. The minimum atomic E-state index is 0.0949. The maximum atomic E-state index is 12.6. The number of halogens is 1. The summed E-state index contributed by atoms with van der Waals surface area (Å²) in [7, 11) is 0. The molecule has 0 saturated carbocycles.